The van der Waals surface area contributed by atoms with E-state index in [1.807, 2.05) is 42.7 Å². The first-order valence-corrected chi connectivity index (χ1v) is 7.97. The minimum absolute atomic E-state index is 0.0755. The topological polar surface area (TPSA) is 71.4 Å². The summed E-state index contributed by atoms with van der Waals surface area (Å²) in [6.45, 7) is 3.81. The van der Waals surface area contributed by atoms with Crippen molar-refractivity contribution in [2.75, 3.05) is 7.05 Å². The molecule has 1 aromatic carbocycles. The Morgan fingerprint density at radius 3 is 2.52 bits per heavy atom. The first kappa shape index (κ1) is 17.0. The lowest BCUT2D eigenvalue weighted by Crippen LogP contribution is -2.52. The number of rotatable bonds is 2. The Labute approximate surface area is 149 Å². The highest BCUT2D eigenvalue weighted by atomic mass is 35.5. The number of amides is 4. The van der Waals surface area contributed by atoms with E-state index < -0.39 is 17.8 Å². The second-order valence-corrected chi connectivity index (χ2v) is 6.26. The number of carbonyl (C=O) groups excluding carboxylic acids is 3. The van der Waals surface area contributed by atoms with Gasteiger partial charge in [0.2, 0.25) is 0 Å². The first-order chi connectivity index (χ1) is 11.8. The predicted octanol–water partition coefficient (Wildman–Crippen LogP) is 2.84. The fourth-order valence-electron chi connectivity index (χ4n) is 2.85. The minimum atomic E-state index is -0.725. The van der Waals surface area contributed by atoms with Crippen molar-refractivity contribution < 1.29 is 14.4 Å². The van der Waals surface area contributed by atoms with Crippen LogP contribution in [0.15, 0.2) is 35.9 Å². The molecule has 2 heterocycles. The predicted molar refractivity (Wildman–Crippen MR) is 94.5 cm³/mol. The Morgan fingerprint density at radius 1 is 1.12 bits per heavy atom. The Hall–Kier alpha value is -2.86. The Kier molecular flexibility index (Phi) is 4.22. The Bertz CT molecular complexity index is 943. The fraction of sp³-hybridized carbons (Fsp3) is 0.167. The van der Waals surface area contributed by atoms with Gasteiger partial charge in [0.25, 0.3) is 11.8 Å². The molecule has 6 nitrogen and oxygen atoms in total. The number of nitrogens with zero attached hydrogens (tertiary/aromatic N) is 2. The Morgan fingerprint density at radius 2 is 1.84 bits per heavy atom. The molecule has 1 aromatic heterocycles. The average Bonchev–Trinajstić information content (AvgIpc) is 2.83. The molecule has 0 aliphatic carbocycles. The molecule has 1 aliphatic rings. The molecule has 1 N–H and O–H groups in total. The molecular formula is C18H16ClN3O3. The standard InChI is InChI=1S/C18H16ClN3O3/c1-10-7-12(8-15-16(23)20-18(25)21(3)17(15)24)11(2)22(10)14-6-4-5-13(19)9-14/h4-9H,1-3H3,(H,20,23,25)/b15-8-. The van der Waals surface area contributed by atoms with Crippen LogP contribution in [0.25, 0.3) is 11.8 Å². The molecule has 1 saturated heterocycles. The summed E-state index contributed by atoms with van der Waals surface area (Å²) in [5.74, 6) is -1.32. The van der Waals surface area contributed by atoms with E-state index in [1.54, 1.807) is 6.07 Å². The molecule has 0 bridgehead atoms. The third kappa shape index (κ3) is 2.96. The van der Waals surface area contributed by atoms with Crippen LogP contribution in [0.1, 0.15) is 17.0 Å². The van der Waals surface area contributed by atoms with Gasteiger partial charge in [-0.2, -0.15) is 0 Å². The highest BCUT2D eigenvalue weighted by Crippen LogP contribution is 2.25. The van der Waals surface area contributed by atoms with Crippen molar-refractivity contribution in [1.29, 1.82) is 0 Å². The number of benzene rings is 1. The van der Waals surface area contributed by atoms with Gasteiger partial charge in [-0.05, 0) is 49.8 Å². The van der Waals surface area contributed by atoms with Gasteiger partial charge in [0.05, 0.1) is 0 Å². The number of nitrogens with one attached hydrogen (secondary N) is 1. The van der Waals surface area contributed by atoms with E-state index >= 15 is 0 Å². The molecule has 7 heteroatoms. The van der Waals surface area contributed by atoms with Gasteiger partial charge in [-0.1, -0.05) is 17.7 Å². The number of aromatic nitrogens is 1. The smallest absolute Gasteiger partial charge is 0.318 e. The molecular weight excluding hydrogens is 342 g/mol. The maximum atomic E-state index is 12.2. The number of imide groups is 2. The summed E-state index contributed by atoms with van der Waals surface area (Å²) in [5, 5.41) is 2.76. The summed E-state index contributed by atoms with van der Waals surface area (Å²) < 4.78 is 1.98. The van der Waals surface area contributed by atoms with Crippen molar-refractivity contribution >= 4 is 35.5 Å². The number of hydrogen-bond donors (Lipinski definition) is 1. The van der Waals surface area contributed by atoms with Crippen LogP contribution in [0.4, 0.5) is 4.79 Å². The van der Waals surface area contributed by atoms with Gasteiger partial charge < -0.3 is 4.57 Å². The first-order valence-electron chi connectivity index (χ1n) is 7.59. The lowest BCUT2D eigenvalue weighted by atomic mass is 10.1. The molecule has 2 aromatic rings. The second-order valence-electron chi connectivity index (χ2n) is 5.82. The molecule has 0 saturated carbocycles. The third-order valence-electron chi connectivity index (χ3n) is 4.14. The van der Waals surface area contributed by atoms with E-state index in [2.05, 4.69) is 5.32 Å². The van der Waals surface area contributed by atoms with Gasteiger partial charge in [-0.15, -0.1) is 0 Å². The fourth-order valence-corrected chi connectivity index (χ4v) is 3.03. The molecule has 1 fully saturated rings. The lowest BCUT2D eigenvalue weighted by molar-refractivity contribution is -0.129. The van der Waals surface area contributed by atoms with Crippen molar-refractivity contribution in [2.24, 2.45) is 0 Å². The van der Waals surface area contributed by atoms with Crippen molar-refractivity contribution in [3.8, 4) is 5.69 Å². The summed E-state index contributed by atoms with van der Waals surface area (Å²) in [4.78, 5) is 36.6. The van der Waals surface area contributed by atoms with E-state index in [0.29, 0.717) is 5.02 Å². The van der Waals surface area contributed by atoms with Crippen molar-refractivity contribution in [1.82, 2.24) is 14.8 Å². The van der Waals surface area contributed by atoms with Crippen molar-refractivity contribution in [2.45, 2.75) is 13.8 Å². The van der Waals surface area contributed by atoms with E-state index in [1.165, 1.54) is 13.1 Å². The highest BCUT2D eigenvalue weighted by molar-refractivity contribution is 6.31. The number of barbiturate groups is 1. The minimum Gasteiger partial charge on any atom is -0.318 e. The van der Waals surface area contributed by atoms with Crippen LogP contribution < -0.4 is 5.32 Å². The zero-order valence-electron chi connectivity index (χ0n) is 14.0. The maximum absolute atomic E-state index is 12.2. The van der Waals surface area contributed by atoms with Gasteiger partial charge >= 0.3 is 6.03 Å². The van der Waals surface area contributed by atoms with Gasteiger partial charge in [-0.3, -0.25) is 19.8 Å². The normalized spacial score (nSPS) is 16.6. The number of likely N-dealkylation sites (N-methyl/N-ethyl adjacent to an activating group) is 1. The molecule has 25 heavy (non-hydrogen) atoms. The van der Waals surface area contributed by atoms with Crippen LogP contribution in [-0.4, -0.2) is 34.4 Å². The van der Waals surface area contributed by atoms with Crippen LogP contribution in [0.5, 0.6) is 0 Å². The lowest BCUT2D eigenvalue weighted by Gasteiger charge is -2.22. The summed E-state index contributed by atoms with van der Waals surface area (Å²) in [6.07, 6.45) is 1.50. The molecule has 3 rings (SSSR count). The molecule has 0 atom stereocenters. The van der Waals surface area contributed by atoms with Crippen LogP contribution in [0.2, 0.25) is 5.02 Å². The van der Waals surface area contributed by atoms with Crippen LogP contribution >= 0.6 is 11.6 Å². The molecule has 0 unspecified atom stereocenters. The monoisotopic (exact) mass is 357 g/mol. The number of hydrogen-bond acceptors (Lipinski definition) is 3. The molecule has 128 valence electrons. The largest absolute Gasteiger partial charge is 0.331 e. The van der Waals surface area contributed by atoms with Crippen LogP contribution in [0.3, 0.4) is 0 Å². The molecule has 0 radical (unpaired) electrons. The average molecular weight is 358 g/mol. The third-order valence-corrected chi connectivity index (χ3v) is 4.38. The van der Waals surface area contributed by atoms with E-state index in [4.69, 9.17) is 11.6 Å². The molecule has 4 amide bonds. The summed E-state index contributed by atoms with van der Waals surface area (Å²) in [5.41, 5.74) is 3.32. The number of halogens is 1. The zero-order chi connectivity index (χ0) is 18.3. The van der Waals surface area contributed by atoms with Crippen molar-refractivity contribution in [3.63, 3.8) is 0 Å². The van der Waals surface area contributed by atoms with Gasteiger partial charge in [-0.25, -0.2) is 4.79 Å². The Balaban J connectivity index is 2.08. The summed E-state index contributed by atoms with van der Waals surface area (Å²) in [6, 6.07) is 8.56. The van der Waals surface area contributed by atoms with Gasteiger partial charge in [0.1, 0.15) is 5.57 Å². The van der Waals surface area contributed by atoms with Crippen LogP contribution in [-0.2, 0) is 9.59 Å². The highest BCUT2D eigenvalue weighted by Gasteiger charge is 2.33. The van der Waals surface area contributed by atoms with E-state index in [-0.39, 0.29) is 5.57 Å². The van der Waals surface area contributed by atoms with Gasteiger partial charge in [0, 0.05) is 29.1 Å². The summed E-state index contributed by atoms with van der Waals surface area (Å²) in [7, 11) is 1.33. The van der Waals surface area contributed by atoms with Gasteiger partial charge in [0.15, 0.2) is 0 Å². The number of carbonyl (C=O) groups is 3. The molecule has 0 spiro atoms. The van der Waals surface area contributed by atoms with Crippen molar-refractivity contribution in [3.05, 3.63) is 57.9 Å². The zero-order valence-corrected chi connectivity index (χ0v) is 14.7. The summed E-state index contributed by atoms with van der Waals surface area (Å²) >= 11 is 6.07. The molecule has 1 aliphatic heterocycles. The quantitative estimate of drug-likeness (QED) is 0.663. The van der Waals surface area contributed by atoms with E-state index in [9.17, 15) is 14.4 Å². The second kappa shape index (κ2) is 6.22. The number of aryl methyl sites for hydroxylation is 1. The number of urea groups is 1. The van der Waals surface area contributed by atoms with E-state index in [0.717, 1.165) is 27.5 Å². The maximum Gasteiger partial charge on any atom is 0.331 e. The SMILES string of the molecule is Cc1cc(/C=C2/C(=O)NC(=O)N(C)C2=O)c(C)n1-c1cccc(Cl)c1. The van der Waals surface area contributed by atoms with Crippen LogP contribution in [0, 0.1) is 13.8 Å².